The fourth-order valence-corrected chi connectivity index (χ4v) is 3.21. The molecule has 1 N–H and O–H groups in total. The molecule has 1 heterocycles. The van der Waals surface area contributed by atoms with E-state index in [2.05, 4.69) is 5.32 Å². The zero-order valence-electron chi connectivity index (χ0n) is 16.2. The van der Waals surface area contributed by atoms with E-state index in [-0.39, 0.29) is 19.3 Å². The molecule has 3 rings (SSSR count). The number of hydrogen-bond donors (Lipinski definition) is 1. The van der Waals surface area contributed by atoms with E-state index in [1.807, 2.05) is 32.0 Å². The predicted molar refractivity (Wildman–Crippen MR) is 107 cm³/mol. The molecule has 2 aromatic rings. The molecule has 154 valence electrons. The minimum Gasteiger partial charge on any atom is -0.486 e. The van der Waals surface area contributed by atoms with Crippen LogP contribution in [-0.4, -0.2) is 44.3 Å². The Balaban J connectivity index is 1.37. The van der Waals surface area contributed by atoms with Gasteiger partial charge >= 0.3 is 5.97 Å². The number of fused-ring (bicyclic) bond motifs is 1. The number of carbonyl (C=O) groups excluding carboxylic acids is 2. The van der Waals surface area contributed by atoms with Gasteiger partial charge in [-0.2, -0.15) is 0 Å². The molecule has 0 bridgehead atoms. The van der Waals surface area contributed by atoms with E-state index in [4.69, 9.17) is 30.5 Å². The van der Waals surface area contributed by atoms with E-state index in [1.54, 1.807) is 18.2 Å². The summed E-state index contributed by atoms with van der Waals surface area (Å²) in [4.78, 5) is 23.8. The molecule has 1 aliphatic rings. The number of aryl methyl sites for hydroxylation is 2. The summed E-state index contributed by atoms with van der Waals surface area (Å²) in [7, 11) is 0. The number of rotatable bonds is 7. The lowest BCUT2D eigenvalue weighted by atomic mass is 10.1. The first-order valence-corrected chi connectivity index (χ1v) is 9.50. The van der Waals surface area contributed by atoms with Crippen molar-refractivity contribution in [2.24, 2.45) is 0 Å². The Morgan fingerprint density at radius 1 is 1.14 bits per heavy atom. The average Bonchev–Trinajstić information content (AvgIpc) is 2.69. The number of carbonyl (C=O) groups is 2. The first-order chi connectivity index (χ1) is 13.9. The van der Waals surface area contributed by atoms with E-state index in [0.717, 1.165) is 11.1 Å². The molecule has 0 spiro atoms. The van der Waals surface area contributed by atoms with Gasteiger partial charge in [0, 0.05) is 5.02 Å². The summed E-state index contributed by atoms with van der Waals surface area (Å²) >= 11 is 5.97. The van der Waals surface area contributed by atoms with Crippen molar-refractivity contribution in [3.63, 3.8) is 0 Å². The van der Waals surface area contributed by atoms with Crippen LogP contribution in [0.25, 0.3) is 0 Å². The smallest absolute Gasteiger partial charge is 0.344 e. The highest BCUT2D eigenvalue weighted by Crippen LogP contribution is 2.30. The lowest BCUT2D eigenvalue weighted by Crippen LogP contribution is -2.42. The summed E-state index contributed by atoms with van der Waals surface area (Å²) in [5, 5.41) is 3.26. The Bertz CT molecular complexity index is 877. The highest BCUT2D eigenvalue weighted by Gasteiger charge is 2.21. The Hall–Kier alpha value is -2.93. The first kappa shape index (κ1) is 20.8. The van der Waals surface area contributed by atoms with Gasteiger partial charge in [0.15, 0.2) is 24.7 Å². The van der Waals surface area contributed by atoms with Gasteiger partial charge in [-0.15, -0.1) is 0 Å². The third-order valence-electron chi connectivity index (χ3n) is 4.22. The number of ether oxygens (including phenoxy) is 4. The van der Waals surface area contributed by atoms with Crippen LogP contribution in [0.1, 0.15) is 11.1 Å². The minimum absolute atomic E-state index is 0.240. The maximum absolute atomic E-state index is 11.9. The van der Waals surface area contributed by atoms with Crippen molar-refractivity contribution in [1.29, 1.82) is 0 Å². The number of benzene rings is 2. The molecule has 0 saturated carbocycles. The van der Waals surface area contributed by atoms with Crippen LogP contribution in [0, 0.1) is 13.8 Å². The van der Waals surface area contributed by atoms with Gasteiger partial charge in [-0.05, 0) is 49.2 Å². The topological polar surface area (TPSA) is 83.1 Å². The summed E-state index contributed by atoms with van der Waals surface area (Å²) in [5.74, 6) is 0.815. The molecule has 7 nitrogen and oxygen atoms in total. The van der Waals surface area contributed by atoms with Gasteiger partial charge in [0.05, 0.1) is 6.54 Å². The van der Waals surface area contributed by atoms with Crippen molar-refractivity contribution < 1.29 is 28.5 Å². The number of nitrogens with one attached hydrogen (secondary N) is 1. The predicted octanol–water partition coefficient (Wildman–Crippen LogP) is 2.84. The molecule has 8 heteroatoms. The Labute approximate surface area is 173 Å². The molecule has 0 aromatic heterocycles. The molecule has 1 atom stereocenters. The second-order valence-corrected chi connectivity index (χ2v) is 7.06. The normalized spacial score (nSPS) is 14.8. The van der Waals surface area contributed by atoms with Crippen LogP contribution in [0.15, 0.2) is 36.4 Å². The second-order valence-electron chi connectivity index (χ2n) is 6.62. The van der Waals surface area contributed by atoms with Crippen LogP contribution in [0.5, 0.6) is 17.2 Å². The Morgan fingerprint density at radius 3 is 2.55 bits per heavy atom. The maximum atomic E-state index is 11.9. The third kappa shape index (κ3) is 5.77. The summed E-state index contributed by atoms with van der Waals surface area (Å²) in [6.07, 6.45) is -0.316. The van der Waals surface area contributed by atoms with Gasteiger partial charge in [-0.25, -0.2) is 4.79 Å². The molecule has 0 fully saturated rings. The van der Waals surface area contributed by atoms with Crippen LogP contribution in [-0.2, 0) is 14.3 Å². The number of para-hydroxylation sites is 2. The number of esters is 1. The summed E-state index contributed by atoms with van der Waals surface area (Å²) in [5.41, 5.74) is 1.63. The Morgan fingerprint density at radius 2 is 1.83 bits per heavy atom. The fourth-order valence-electron chi connectivity index (χ4n) is 2.89. The lowest BCUT2D eigenvalue weighted by molar-refractivity contribution is -0.150. The highest BCUT2D eigenvalue weighted by atomic mass is 35.5. The molecule has 0 radical (unpaired) electrons. The van der Waals surface area contributed by atoms with Crippen molar-refractivity contribution >= 4 is 23.5 Å². The quantitative estimate of drug-likeness (QED) is 0.695. The molecular formula is C21H22ClNO6. The number of hydrogen-bond acceptors (Lipinski definition) is 6. The van der Waals surface area contributed by atoms with Gasteiger partial charge < -0.3 is 24.3 Å². The minimum atomic E-state index is -0.639. The molecule has 0 aliphatic carbocycles. The van der Waals surface area contributed by atoms with E-state index in [9.17, 15) is 9.59 Å². The van der Waals surface area contributed by atoms with Crippen molar-refractivity contribution in [2.45, 2.75) is 20.0 Å². The number of amides is 1. The van der Waals surface area contributed by atoms with E-state index in [1.165, 1.54) is 0 Å². The van der Waals surface area contributed by atoms with Gasteiger partial charge in [-0.3, -0.25) is 4.79 Å². The zero-order chi connectivity index (χ0) is 20.8. The largest absolute Gasteiger partial charge is 0.486 e. The van der Waals surface area contributed by atoms with Crippen molar-refractivity contribution in [2.75, 3.05) is 26.4 Å². The van der Waals surface area contributed by atoms with E-state index in [0.29, 0.717) is 28.9 Å². The second kappa shape index (κ2) is 9.52. The standard InChI is InChI=1S/C21H22ClNO6/c1-13-7-15(22)8-14(2)21(13)28-12-20(25)27-11-19(24)23-9-16-10-26-17-5-3-4-6-18(17)29-16/h3-8,16H,9-12H2,1-2H3,(H,23,24)/t16-/m0/s1. The van der Waals surface area contributed by atoms with Gasteiger partial charge in [-0.1, -0.05) is 23.7 Å². The van der Waals surface area contributed by atoms with E-state index >= 15 is 0 Å². The van der Waals surface area contributed by atoms with Crippen LogP contribution in [0.4, 0.5) is 0 Å². The van der Waals surface area contributed by atoms with Gasteiger partial charge in [0.25, 0.3) is 5.91 Å². The van der Waals surface area contributed by atoms with Crippen molar-refractivity contribution in [3.8, 4) is 17.2 Å². The average molecular weight is 420 g/mol. The number of halogens is 1. The summed E-state index contributed by atoms with van der Waals surface area (Å²) in [6, 6.07) is 10.8. The van der Waals surface area contributed by atoms with Crippen molar-refractivity contribution in [3.05, 3.63) is 52.5 Å². The molecule has 1 amide bonds. The SMILES string of the molecule is Cc1cc(Cl)cc(C)c1OCC(=O)OCC(=O)NC[C@H]1COc2ccccc2O1. The molecule has 0 saturated heterocycles. The summed E-state index contributed by atoms with van der Waals surface area (Å²) < 4.78 is 21.8. The fraction of sp³-hybridized carbons (Fsp3) is 0.333. The molecule has 29 heavy (non-hydrogen) atoms. The zero-order valence-corrected chi connectivity index (χ0v) is 17.0. The Kier molecular flexibility index (Phi) is 6.82. The van der Waals surface area contributed by atoms with Crippen LogP contribution in [0.3, 0.4) is 0 Å². The monoisotopic (exact) mass is 419 g/mol. The first-order valence-electron chi connectivity index (χ1n) is 9.12. The van der Waals surface area contributed by atoms with E-state index < -0.39 is 18.5 Å². The lowest BCUT2D eigenvalue weighted by Gasteiger charge is -2.26. The van der Waals surface area contributed by atoms with Crippen LogP contribution in [0.2, 0.25) is 5.02 Å². The van der Waals surface area contributed by atoms with Crippen LogP contribution >= 0.6 is 11.6 Å². The van der Waals surface area contributed by atoms with Gasteiger partial charge in [0.2, 0.25) is 0 Å². The van der Waals surface area contributed by atoms with Crippen LogP contribution < -0.4 is 19.5 Å². The molecule has 0 unspecified atom stereocenters. The van der Waals surface area contributed by atoms with Gasteiger partial charge in [0.1, 0.15) is 18.5 Å². The molecule has 1 aliphatic heterocycles. The van der Waals surface area contributed by atoms with Crippen molar-refractivity contribution in [1.82, 2.24) is 5.32 Å². The molecular weight excluding hydrogens is 398 g/mol. The maximum Gasteiger partial charge on any atom is 0.344 e. The highest BCUT2D eigenvalue weighted by molar-refractivity contribution is 6.30. The molecule has 2 aromatic carbocycles. The third-order valence-corrected chi connectivity index (χ3v) is 4.44. The summed E-state index contributed by atoms with van der Waals surface area (Å²) in [6.45, 7) is 3.54.